The molecule has 2 N–H and O–H groups in total. The highest BCUT2D eigenvalue weighted by atomic mass is 16.4. The lowest BCUT2D eigenvalue weighted by atomic mass is 9.73. The largest absolute Gasteiger partial charge is 0.480 e. The van der Waals surface area contributed by atoms with E-state index >= 15 is 0 Å². The van der Waals surface area contributed by atoms with Crippen molar-refractivity contribution >= 4 is 5.97 Å². The number of hydrogen-bond donors (Lipinski definition) is 2. The van der Waals surface area contributed by atoms with Gasteiger partial charge in [-0.15, -0.1) is 0 Å². The Morgan fingerprint density at radius 2 is 1.75 bits per heavy atom. The Morgan fingerprint density at radius 3 is 2.25 bits per heavy atom. The fraction of sp³-hybridized carbons (Fsp3) is 0.923. The van der Waals surface area contributed by atoms with Crippen molar-refractivity contribution < 1.29 is 9.90 Å². The van der Waals surface area contributed by atoms with Gasteiger partial charge in [0, 0.05) is 6.04 Å². The summed E-state index contributed by atoms with van der Waals surface area (Å²) in [5.41, 5.74) is 0. The van der Waals surface area contributed by atoms with Gasteiger partial charge in [0.15, 0.2) is 0 Å². The van der Waals surface area contributed by atoms with Crippen LogP contribution in [-0.2, 0) is 4.79 Å². The molecule has 3 nitrogen and oxygen atoms in total. The minimum absolute atomic E-state index is 0.294. The fourth-order valence-corrected chi connectivity index (χ4v) is 3.68. The molecule has 0 bridgehead atoms. The molecular formula is C13H23NO2. The van der Waals surface area contributed by atoms with Crippen molar-refractivity contribution in [3.63, 3.8) is 0 Å². The second-order valence-electron chi connectivity index (χ2n) is 5.92. The smallest absolute Gasteiger partial charge is 0.320 e. The average molecular weight is 225 g/mol. The van der Waals surface area contributed by atoms with Gasteiger partial charge < -0.3 is 10.4 Å². The quantitative estimate of drug-likeness (QED) is 0.758. The standard InChI is InChI=1S/C13H23NO2/c1-8-5-9(2)7-10(6-8)11-3-4-12(14-11)13(15)16/h8-12,14H,3-7H2,1-2H3,(H,15,16). The lowest BCUT2D eigenvalue weighted by Gasteiger charge is -2.35. The van der Waals surface area contributed by atoms with Crippen LogP contribution in [-0.4, -0.2) is 23.2 Å². The Bertz CT molecular complexity index is 257. The van der Waals surface area contributed by atoms with E-state index in [9.17, 15) is 4.79 Å². The number of carbonyl (C=O) groups is 1. The lowest BCUT2D eigenvalue weighted by molar-refractivity contribution is -0.139. The molecule has 0 amide bonds. The van der Waals surface area contributed by atoms with Crippen molar-refractivity contribution in [1.82, 2.24) is 5.32 Å². The Labute approximate surface area is 97.6 Å². The van der Waals surface area contributed by atoms with Gasteiger partial charge in [0.25, 0.3) is 0 Å². The zero-order chi connectivity index (χ0) is 11.7. The molecule has 3 heteroatoms. The van der Waals surface area contributed by atoms with E-state index in [-0.39, 0.29) is 6.04 Å². The Kier molecular flexibility index (Phi) is 3.53. The van der Waals surface area contributed by atoms with Crippen molar-refractivity contribution in [2.24, 2.45) is 17.8 Å². The van der Waals surface area contributed by atoms with Gasteiger partial charge >= 0.3 is 5.97 Å². The first kappa shape index (κ1) is 11.9. The molecule has 1 aliphatic carbocycles. The summed E-state index contributed by atoms with van der Waals surface area (Å²) in [7, 11) is 0. The van der Waals surface area contributed by atoms with E-state index in [2.05, 4.69) is 19.2 Å². The highest BCUT2D eigenvalue weighted by Crippen LogP contribution is 2.37. The summed E-state index contributed by atoms with van der Waals surface area (Å²) in [5, 5.41) is 12.3. The first-order valence-corrected chi connectivity index (χ1v) is 6.55. The van der Waals surface area contributed by atoms with Gasteiger partial charge in [-0.1, -0.05) is 13.8 Å². The lowest BCUT2D eigenvalue weighted by Crippen LogP contribution is -2.41. The molecular weight excluding hydrogens is 202 g/mol. The molecule has 1 saturated heterocycles. The third kappa shape index (κ3) is 2.57. The first-order chi connectivity index (χ1) is 7.56. The van der Waals surface area contributed by atoms with Crippen LogP contribution in [0.3, 0.4) is 0 Å². The molecule has 2 fully saturated rings. The highest BCUT2D eigenvalue weighted by molar-refractivity contribution is 5.73. The van der Waals surface area contributed by atoms with Crippen LogP contribution in [0.5, 0.6) is 0 Å². The highest BCUT2D eigenvalue weighted by Gasteiger charge is 2.36. The van der Waals surface area contributed by atoms with E-state index < -0.39 is 5.97 Å². The van der Waals surface area contributed by atoms with Gasteiger partial charge in [0.2, 0.25) is 0 Å². The molecule has 0 aromatic carbocycles. The van der Waals surface area contributed by atoms with Crippen LogP contribution >= 0.6 is 0 Å². The third-order valence-corrected chi connectivity index (χ3v) is 4.26. The number of carboxylic acid groups (broad SMARTS) is 1. The second-order valence-corrected chi connectivity index (χ2v) is 5.92. The fourth-order valence-electron chi connectivity index (χ4n) is 3.68. The van der Waals surface area contributed by atoms with Gasteiger partial charge in [-0.05, 0) is 49.9 Å². The number of aliphatic carboxylic acids is 1. The zero-order valence-electron chi connectivity index (χ0n) is 10.3. The van der Waals surface area contributed by atoms with Crippen molar-refractivity contribution in [2.75, 3.05) is 0 Å². The van der Waals surface area contributed by atoms with Gasteiger partial charge in [0.1, 0.15) is 6.04 Å². The van der Waals surface area contributed by atoms with E-state index in [1.54, 1.807) is 0 Å². The first-order valence-electron chi connectivity index (χ1n) is 6.55. The Balaban J connectivity index is 1.91. The monoisotopic (exact) mass is 225 g/mol. The Morgan fingerprint density at radius 1 is 1.12 bits per heavy atom. The van der Waals surface area contributed by atoms with Crippen LogP contribution < -0.4 is 5.32 Å². The molecule has 2 rings (SSSR count). The molecule has 1 saturated carbocycles. The number of hydrogen-bond acceptors (Lipinski definition) is 2. The van der Waals surface area contributed by atoms with Crippen LogP contribution in [0.15, 0.2) is 0 Å². The maximum absolute atomic E-state index is 10.9. The van der Waals surface area contributed by atoms with Crippen LogP contribution in [0.25, 0.3) is 0 Å². The van der Waals surface area contributed by atoms with E-state index in [4.69, 9.17) is 5.11 Å². The number of rotatable bonds is 2. The van der Waals surface area contributed by atoms with E-state index in [1.807, 2.05) is 0 Å². The number of nitrogens with one attached hydrogen (secondary N) is 1. The van der Waals surface area contributed by atoms with Crippen LogP contribution in [0.2, 0.25) is 0 Å². The normalized spacial score (nSPS) is 44.5. The van der Waals surface area contributed by atoms with E-state index in [0.717, 1.165) is 24.7 Å². The summed E-state index contributed by atoms with van der Waals surface area (Å²) in [6.45, 7) is 4.65. The molecule has 1 heterocycles. The molecule has 0 radical (unpaired) electrons. The summed E-state index contributed by atoms with van der Waals surface area (Å²) in [6.07, 6.45) is 5.73. The molecule has 2 aliphatic rings. The van der Waals surface area contributed by atoms with Gasteiger partial charge in [-0.2, -0.15) is 0 Å². The minimum Gasteiger partial charge on any atom is -0.480 e. The molecule has 92 valence electrons. The molecule has 4 atom stereocenters. The van der Waals surface area contributed by atoms with Gasteiger partial charge in [-0.25, -0.2) is 0 Å². The molecule has 0 spiro atoms. The van der Waals surface area contributed by atoms with E-state index in [0.29, 0.717) is 12.0 Å². The van der Waals surface area contributed by atoms with Gasteiger partial charge in [0.05, 0.1) is 0 Å². The predicted octanol–water partition coefficient (Wildman–Crippen LogP) is 2.26. The second kappa shape index (κ2) is 4.74. The van der Waals surface area contributed by atoms with Crippen LogP contribution in [0, 0.1) is 17.8 Å². The van der Waals surface area contributed by atoms with Crippen molar-refractivity contribution in [3.8, 4) is 0 Å². The average Bonchev–Trinajstić information content (AvgIpc) is 2.64. The SMILES string of the molecule is CC1CC(C)CC(C2CCC(C(=O)O)N2)C1. The molecule has 0 aromatic heterocycles. The summed E-state index contributed by atoms with van der Waals surface area (Å²) >= 11 is 0. The van der Waals surface area contributed by atoms with Crippen LogP contribution in [0.4, 0.5) is 0 Å². The summed E-state index contributed by atoms with van der Waals surface area (Å²) < 4.78 is 0. The number of carboxylic acids is 1. The zero-order valence-corrected chi connectivity index (χ0v) is 10.3. The summed E-state index contributed by atoms with van der Waals surface area (Å²) in [6, 6.07) is 0.156. The van der Waals surface area contributed by atoms with Crippen molar-refractivity contribution in [2.45, 2.75) is 58.0 Å². The van der Waals surface area contributed by atoms with E-state index in [1.165, 1.54) is 19.3 Å². The minimum atomic E-state index is -0.681. The Hall–Kier alpha value is -0.570. The topological polar surface area (TPSA) is 49.3 Å². The molecule has 1 aliphatic heterocycles. The summed E-state index contributed by atoms with van der Waals surface area (Å²) in [4.78, 5) is 10.9. The molecule has 0 aromatic rings. The van der Waals surface area contributed by atoms with Crippen molar-refractivity contribution in [3.05, 3.63) is 0 Å². The third-order valence-electron chi connectivity index (χ3n) is 4.26. The van der Waals surface area contributed by atoms with Crippen LogP contribution in [0.1, 0.15) is 46.0 Å². The molecule has 16 heavy (non-hydrogen) atoms. The van der Waals surface area contributed by atoms with Crippen molar-refractivity contribution in [1.29, 1.82) is 0 Å². The maximum Gasteiger partial charge on any atom is 0.320 e. The molecule has 4 unspecified atom stereocenters. The summed E-state index contributed by atoms with van der Waals surface area (Å²) in [5.74, 6) is 1.63. The predicted molar refractivity (Wildman–Crippen MR) is 63.3 cm³/mol. The van der Waals surface area contributed by atoms with Gasteiger partial charge in [-0.3, -0.25) is 4.79 Å². The maximum atomic E-state index is 10.9.